The number of hydrogen-bond acceptors (Lipinski definition) is 4. The second kappa shape index (κ2) is 9.84. The Labute approximate surface area is 167 Å². The Bertz CT molecular complexity index is 836. The van der Waals surface area contributed by atoms with E-state index in [9.17, 15) is 18.0 Å². The van der Waals surface area contributed by atoms with Crippen LogP contribution in [0.3, 0.4) is 0 Å². The predicted molar refractivity (Wildman–Crippen MR) is 108 cm³/mol. The summed E-state index contributed by atoms with van der Waals surface area (Å²) in [6.45, 7) is 8.07. The Hall–Kier alpha value is -2.19. The highest BCUT2D eigenvalue weighted by atomic mass is 32.2. The van der Waals surface area contributed by atoms with E-state index < -0.39 is 21.8 Å². The molecule has 28 heavy (non-hydrogen) atoms. The zero-order chi connectivity index (χ0) is 20.7. The van der Waals surface area contributed by atoms with E-state index >= 15 is 0 Å². The summed E-state index contributed by atoms with van der Waals surface area (Å²) in [5.74, 6) is -1.44. The first-order valence-electron chi connectivity index (χ1n) is 9.53. The van der Waals surface area contributed by atoms with Gasteiger partial charge in [0.25, 0.3) is 0 Å². The number of nitrogens with zero attached hydrogens (tertiary/aromatic N) is 1. The summed E-state index contributed by atoms with van der Waals surface area (Å²) < 4.78 is 28.1. The molecule has 1 aromatic carbocycles. The van der Waals surface area contributed by atoms with E-state index in [2.05, 4.69) is 17.2 Å². The van der Waals surface area contributed by atoms with Crippen molar-refractivity contribution in [2.45, 2.75) is 50.5 Å². The van der Waals surface area contributed by atoms with Gasteiger partial charge in [-0.3, -0.25) is 9.59 Å². The standard InChI is InChI=1S/C20H29N3O4S/c1-4-11-21-19(24)20(25)22-12-10-17-7-5-6-13-23(17)28(26,27)18-14-15(2)8-9-16(18)3/h4,8-9,14,17H,1,5-7,10-13H2,2-3H3,(H,21,24)(H,22,25)/t17-/m1/s1. The molecule has 0 aliphatic carbocycles. The smallest absolute Gasteiger partial charge is 0.309 e. The van der Waals surface area contributed by atoms with Gasteiger partial charge in [-0.2, -0.15) is 4.31 Å². The van der Waals surface area contributed by atoms with E-state index in [1.165, 1.54) is 6.08 Å². The highest BCUT2D eigenvalue weighted by molar-refractivity contribution is 7.89. The highest BCUT2D eigenvalue weighted by Gasteiger charge is 2.34. The molecule has 1 aromatic rings. The van der Waals surface area contributed by atoms with E-state index in [4.69, 9.17) is 0 Å². The maximum Gasteiger partial charge on any atom is 0.309 e. The fraction of sp³-hybridized carbons (Fsp3) is 0.500. The first kappa shape index (κ1) is 22.1. The molecule has 0 bridgehead atoms. The second-order valence-electron chi connectivity index (χ2n) is 7.08. The van der Waals surface area contributed by atoms with Crippen molar-refractivity contribution in [1.29, 1.82) is 0 Å². The number of amides is 2. The lowest BCUT2D eigenvalue weighted by Gasteiger charge is -2.35. The molecular formula is C20H29N3O4S. The van der Waals surface area contributed by atoms with Crippen LogP contribution in [0.5, 0.6) is 0 Å². The Morgan fingerprint density at radius 3 is 2.64 bits per heavy atom. The van der Waals surface area contributed by atoms with Gasteiger partial charge in [0.1, 0.15) is 0 Å². The fourth-order valence-corrected chi connectivity index (χ4v) is 5.40. The van der Waals surface area contributed by atoms with Crippen LogP contribution in [0.4, 0.5) is 0 Å². The zero-order valence-electron chi connectivity index (χ0n) is 16.5. The minimum absolute atomic E-state index is 0.199. The average molecular weight is 408 g/mol. The van der Waals surface area contributed by atoms with Crippen LogP contribution < -0.4 is 10.6 Å². The van der Waals surface area contributed by atoms with Crippen LogP contribution in [0.15, 0.2) is 35.7 Å². The molecule has 0 aromatic heterocycles. The van der Waals surface area contributed by atoms with Gasteiger partial charge < -0.3 is 10.6 Å². The Morgan fingerprint density at radius 1 is 1.21 bits per heavy atom. The van der Waals surface area contributed by atoms with E-state index in [0.29, 0.717) is 17.9 Å². The first-order valence-corrected chi connectivity index (χ1v) is 11.0. The number of rotatable bonds is 7. The van der Waals surface area contributed by atoms with Crippen LogP contribution in [-0.4, -0.2) is 50.2 Å². The molecule has 2 N–H and O–H groups in total. The van der Waals surface area contributed by atoms with E-state index in [-0.39, 0.29) is 19.1 Å². The van der Waals surface area contributed by atoms with Gasteiger partial charge in [-0.15, -0.1) is 6.58 Å². The van der Waals surface area contributed by atoms with Gasteiger partial charge in [0.05, 0.1) is 4.90 Å². The van der Waals surface area contributed by atoms with Gasteiger partial charge in [0.2, 0.25) is 10.0 Å². The molecule has 1 aliphatic heterocycles. The molecule has 1 heterocycles. The summed E-state index contributed by atoms with van der Waals surface area (Å²) in [4.78, 5) is 23.7. The number of sulfonamides is 1. The van der Waals surface area contributed by atoms with Crippen LogP contribution >= 0.6 is 0 Å². The molecule has 154 valence electrons. The highest BCUT2D eigenvalue weighted by Crippen LogP contribution is 2.29. The molecule has 1 fully saturated rings. The summed E-state index contributed by atoms with van der Waals surface area (Å²) in [5.41, 5.74) is 1.62. The average Bonchev–Trinajstić information content (AvgIpc) is 2.68. The Kier molecular flexibility index (Phi) is 7.77. The molecule has 0 radical (unpaired) electrons. The number of carbonyl (C=O) groups excluding carboxylic acids is 2. The van der Waals surface area contributed by atoms with Gasteiger partial charge in [0, 0.05) is 25.7 Å². The van der Waals surface area contributed by atoms with E-state index in [1.54, 1.807) is 17.3 Å². The molecule has 7 nitrogen and oxygen atoms in total. The minimum Gasteiger partial charge on any atom is -0.348 e. The van der Waals surface area contributed by atoms with Crippen molar-refractivity contribution >= 4 is 21.8 Å². The third-order valence-electron chi connectivity index (χ3n) is 4.88. The molecule has 2 amide bonds. The summed E-state index contributed by atoms with van der Waals surface area (Å²) in [5, 5.41) is 4.98. The summed E-state index contributed by atoms with van der Waals surface area (Å²) >= 11 is 0. The molecule has 1 saturated heterocycles. The van der Waals surface area contributed by atoms with Gasteiger partial charge in [-0.25, -0.2) is 8.42 Å². The molecule has 8 heteroatoms. The number of carbonyl (C=O) groups is 2. The van der Waals surface area contributed by atoms with Crippen LogP contribution in [0.1, 0.15) is 36.8 Å². The number of benzene rings is 1. The molecule has 2 rings (SSSR count). The maximum absolute atomic E-state index is 13.3. The number of nitrogens with one attached hydrogen (secondary N) is 2. The first-order chi connectivity index (χ1) is 13.3. The van der Waals surface area contributed by atoms with Crippen LogP contribution in [0.2, 0.25) is 0 Å². The van der Waals surface area contributed by atoms with Crippen LogP contribution in [0.25, 0.3) is 0 Å². The van der Waals surface area contributed by atoms with E-state index in [1.807, 2.05) is 19.1 Å². The maximum atomic E-state index is 13.3. The van der Waals surface area contributed by atoms with E-state index in [0.717, 1.165) is 30.4 Å². The number of aryl methyl sites for hydroxylation is 2. The second-order valence-corrected chi connectivity index (χ2v) is 8.94. The Balaban J connectivity index is 2.05. The van der Waals surface area contributed by atoms with Crippen LogP contribution in [-0.2, 0) is 19.6 Å². The quantitative estimate of drug-likeness (QED) is 0.531. The molecule has 0 saturated carbocycles. The van der Waals surface area contributed by atoms with Gasteiger partial charge in [0.15, 0.2) is 0 Å². The van der Waals surface area contributed by atoms with Crippen molar-refractivity contribution in [3.05, 3.63) is 42.0 Å². The third kappa shape index (κ3) is 5.42. The molecule has 1 atom stereocenters. The molecule has 1 aliphatic rings. The third-order valence-corrected chi connectivity index (χ3v) is 6.97. The zero-order valence-corrected chi connectivity index (χ0v) is 17.3. The lowest BCUT2D eigenvalue weighted by Crippen LogP contribution is -2.46. The fourth-order valence-electron chi connectivity index (χ4n) is 3.37. The number of piperidine rings is 1. The largest absolute Gasteiger partial charge is 0.348 e. The predicted octanol–water partition coefficient (Wildman–Crippen LogP) is 1.66. The molecule has 0 unspecified atom stereocenters. The summed E-state index contributed by atoms with van der Waals surface area (Å²) in [6.07, 6.45) is 4.45. The molecule has 0 spiro atoms. The lowest BCUT2D eigenvalue weighted by molar-refractivity contribution is -0.139. The monoisotopic (exact) mass is 407 g/mol. The SMILES string of the molecule is C=CCNC(=O)C(=O)NCC[C@H]1CCCCN1S(=O)(=O)c1cc(C)ccc1C. The van der Waals surface area contributed by atoms with Gasteiger partial charge in [-0.05, 0) is 50.3 Å². The summed E-state index contributed by atoms with van der Waals surface area (Å²) in [7, 11) is -3.61. The topological polar surface area (TPSA) is 95.6 Å². The lowest BCUT2D eigenvalue weighted by atomic mass is 10.0. The molecular weight excluding hydrogens is 378 g/mol. The van der Waals surface area contributed by atoms with Crippen molar-refractivity contribution in [1.82, 2.24) is 14.9 Å². The van der Waals surface area contributed by atoms with Crippen molar-refractivity contribution in [2.24, 2.45) is 0 Å². The normalized spacial score (nSPS) is 17.7. The van der Waals surface area contributed by atoms with Crippen molar-refractivity contribution in [3.63, 3.8) is 0 Å². The number of hydrogen-bond donors (Lipinski definition) is 2. The minimum atomic E-state index is -3.61. The van der Waals surface area contributed by atoms with Crippen LogP contribution in [0, 0.1) is 13.8 Å². The summed E-state index contributed by atoms with van der Waals surface area (Å²) in [6, 6.07) is 5.23. The van der Waals surface area contributed by atoms with Gasteiger partial charge >= 0.3 is 11.8 Å². The Morgan fingerprint density at radius 2 is 1.93 bits per heavy atom. The van der Waals surface area contributed by atoms with Gasteiger partial charge in [-0.1, -0.05) is 24.6 Å². The van der Waals surface area contributed by atoms with Crippen molar-refractivity contribution in [2.75, 3.05) is 19.6 Å². The van der Waals surface area contributed by atoms with Crippen molar-refractivity contribution < 1.29 is 18.0 Å². The van der Waals surface area contributed by atoms with Crippen molar-refractivity contribution in [3.8, 4) is 0 Å².